The van der Waals surface area contributed by atoms with Gasteiger partial charge in [0.2, 0.25) is 20.0 Å². The van der Waals surface area contributed by atoms with E-state index in [0.29, 0.717) is 37.3 Å². The molecule has 11 heteroatoms. The first-order chi connectivity index (χ1) is 14.1. The highest BCUT2D eigenvalue weighted by molar-refractivity contribution is 7.93. The molecule has 0 atom stereocenters. The van der Waals surface area contributed by atoms with E-state index < -0.39 is 21.8 Å². The summed E-state index contributed by atoms with van der Waals surface area (Å²) < 4.78 is 63.9. The van der Waals surface area contributed by atoms with Gasteiger partial charge in [0.05, 0.1) is 10.6 Å². The third-order valence-corrected chi connectivity index (χ3v) is 7.88. The molecule has 0 amide bonds. The molecule has 2 aromatic heterocycles. The van der Waals surface area contributed by atoms with E-state index in [4.69, 9.17) is 0 Å². The summed E-state index contributed by atoms with van der Waals surface area (Å²) in [5, 5.41) is 0. The monoisotopic (exact) mass is 454 g/mol. The molecule has 3 aromatic rings. The summed E-state index contributed by atoms with van der Waals surface area (Å²) >= 11 is 1.10. The van der Waals surface area contributed by atoms with Gasteiger partial charge in [-0.05, 0) is 19.1 Å². The summed E-state index contributed by atoms with van der Waals surface area (Å²) in [6.07, 6.45) is -1.44. The fourth-order valence-electron chi connectivity index (χ4n) is 3.17. The van der Waals surface area contributed by atoms with Gasteiger partial charge in [-0.15, -0.1) is 11.3 Å². The molecule has 0 N–H and O–H groups in total. The Labute approximate surface area is 175 Å². The number of alkyl halides is 3. The maximum atomic E-state index is 12.8. The van der Waals surface area contributed by atoms with Crippen LogP contribution >= 0.6 is 11.3 Å². The lowest BCUT2D eigenvalue weighted by Gasteiger charge is -2.27. The summed E-state index contributed by atoms with van der Waals surface area (Å²) in [7, 11) is -3.68. The minimum atomic E-state index is -4.56. The Morgan fingerprint density at radius 1 is 1.13 bits per heavy atom. The molecule has 0 aliphatic carbocycles. The van der Waals surface area contributed by atoms with Crippen molar-refractivity contribution in [3.63, 3.8) is 0 Å². The number of thiazole rings is 1. The zero-order valence-electron chi connectivity index (χ0n) is 15.8. The van der Waals surface area contributed by atoms with Crippen molar-refractivity contribution in [1.29, 1.82) is 0 Å². The van der Waals surface area contributed by atoms with E-state index in [-0.39, 0.29) is 9.24 Å². The Morgan fingerprint density at radius 3 is 2.57 bits per heavy atom. The molecule has 0 spiro atoms. The van der Waals surface area contributed by atoms with Crippen molar-refractivity contribution in [3.05, 3.63) is 64.2 Å². The molecular weight excluding hydrogens is 437 g/mol. The van der Waals surface area contributed by atoms with E-state index >= 15 is 0 Å². The number of rotatable bonds is 4. The van der Waals surface area contributed by atoms with Crippen LogP contribution in [0.3, 0.4) is 0 Å². The first-order valence-corrected chi connectivity index (χ1v) is 11.3. The number of benzene rings is 1. The lowest BCUT2D eigenvalue weighted by Crippen LogP contribution is -2.31. The Morgan fingerprint density at radius 2 is 1.87 bits per heavy atom. The van der Waals surface area contributed by atoms with Crippen LogP contribution in [-0.4, -0.2) is 34.8 Å². The Hall–Kier alpha value is -2.37. The molecule has 4 rings (SSSR count). The number of halogens is 3. The quantitative estimate of drug-likeness (QED) is 0.599. The second kappa shape index (κ2) is 7.71. The topological polar surface area (TPSA) is 76.1 Å². The van der Waals surface area contributed by atoms with Crippen LogP contribution in [0, 0.1) is 6.92 Å². The molecule has 0 saturated heterocycles. The molecule has 3 heterocycles. The molecule has 6 nitrogen and oxygen atoms in total. The fourth-order valence-corrected chi connectivity index (χ4v) is 5.79. The predicted octanol–water partition coefficient (Wildman–Crippen LogP) is 3.65. The molecule has 0 unspecified atom stereocenters. The Bertz CT molecular complexity index is 1180. The van der Waals surface area contributed by atoms with E-state index in [0.717, 1.165) is 21.8 Å². The maximum Gasteiger partial charge on any atom is 0.451 e. The molecule has 1 aliphatic heterocycles. The Balaban J connectivity index is 1.48. The number of fused-ring (bicyclic) bond motifs is 1. The third-order valence-electron chi connectivity index (χ3n) is 4.74. The van der Waals surface area contributed by atoms with Gasteiger partial charge in [-0.2, -0.15) is 13.2 Å². The van der Waals surface area contributed by atoms with Gasteiger partial charge in [0, 0.05) is 48.9 Å². The van der Waals surface area contributed by atoms with Crippen LogP contribution in [0.4, 0.5) is 13.2 Å². The van der Waals surface area contributed by atoms with Crippen molar-refractivity contribution < 1.29 is 21.6 Å². The molecule has 0 saturated carbocycles. The van der Waals surface area contributed by atoms with Crippen LogP contribution < -0.4 is 0 Å². The SMILES string of the molecule is Cc1ccc(S(=O)(=O)c2ncc(CN3CCc4nc(C(F)(F)F)ncc4C3)s2)cc1. The van der Waals surface area contributed by atoms with Crippen molar-refractivity contribution in [3.8, 4) is 0 Å². The van der Waals surface area contributed by atoms with Crippen molar-refractivity contribution in [1.82, 2.24) is 19.9 Å². The van der Waals surface area contributed by atoms with E-state index in [1.54, 1.807) is 24.3 Å². The highest BCUT2D eigenvalue weighted by Crippen LogP contribution is 2.29. The standard InChI is InChI=1S/C19H17F3N4O2S2/c1-12-2-4-15(5-3-12)30(27,28)18-24-9-14(29-18)11-26-7-6-16-13(10-26)8-23-17(25-16)19(20,21)22/h2-5,8-9H,6-7,10-11H2,1H3. The van der Waals surface area contributed by atoms with E-state index in [2.05, 4.69) is 15.0 Å². The van der Waals surface area contributed by atoms with Crippen molar-refractivity contribution in [2.75, 3.05) is 6.54 Å². The molecule has 1 aliphatic rings. The van der Waals surface area contributed by atoms with Crippen LogP contribution in [0.1, 0.15) is 27.5 Å². The molecule has 30 heavy (non-hydrogen) atoms. The lowest BCUT2D eigenvalue weighted by atomic mass is 10.1. The smallest absolute Gasteiger partial charge is 0.293 e. The summed E-state index contributed by atoms with van der Waals surface area (Å²) in [5.41, 5.74) is 2.01. The summed E-state index contributed by atoms with van der Waals surface area (Å²) in [5.74, 6) is -1.12. The van der Waals surface area contributed by atoms with Crippen molar-refractivity contribution in [2.45, 2.75) is 41.8 Å². The predicted molar refractivity (Wildman–Crippen MR) is 104 cm³/mol. The average Bonchev–Trinajstić information content (AvgIpc) is 3.16. The zero-order valence-corrected chi connectivity index (χ0v) is 17.5. The third kappa shape index (κ3) is 4.23. The van der Waals surface area contributed by atoms with Crippen LogP contribution in [0.2, 0.25) is 0 Å². The minimum Gasteiger partial charge on any atom is -0.293 e. The number of aromatic nitrogens is 3. The van der Waals surface area contributed by atoms with Gasteiger partial charge in [0.1, 0.15) is 0 Å². The summed E-state index contributed by atoms with van der Waals surface area (Å²) in [6.45, 7) is 3.23. The molecule has 1 aromatic carbocycles. The number of hydrogen-bond acceptors (Lipinski definition) is 7. The van der Waals surface area contributed by atoms with Crippen molar-refractivity contribution >= 4 is 21.2 Å². The van der Waals surface area contributed by atoms with Gasteiger partial charge in [-0.3, -0.25) is 4.90 Å². The number of hydrogen-bond donors (Lipinski definition) is 0. The highest BCUT2D eigenvalue weighted by Gasteiger charge is 2.35. The average molecular weight is 454 g/mol. The van der Waals surface area contributed by atoms with Crippen molar-refractivity contribution in [2.24, 2.45) is 0 Å². The van der Waals surface area contributed by atoms with E-state index in [1.165, 1.54) is 12.4 Å². The number of aryl methyl sites for hydroxylation is 1. The van der Waals surface area contributed by atoms with E-state index in [1.807, 2.05) is 11.8 Å². The van der Waals surface area contributed by atoms with Crippen LogP contribution in [0.5, 0.6) is 0 Å². The second-order valence-electron chi connectivity index (χ2n) is 7.03. The van der Waals surface area contributed by atoms with Gasteiger partial charge in [0.15, 0.2) is 0 Å². The van der Waals surface area contributed by atoms with Gasteiger partial charge >= 0.3 is 6.18 Å². The summed E-state index contributed by atoms with van der Waals surface area (Å²) in [6, 6.07) is 6.59. The molecule has 0 radical (unpaired) electrons. The van der Waals surface area contributed by atoms with Gasteiger partial charge < -0.3 is 0 Å². The van der Waals surface area contributed by atoms with E-state index in [9.17, 15) is 21.6 Å². The number of sulfone groups is 1. The number of nitrogens with zero attached hydrogens (tertiary/aromatic N) is 4. The van der Waals surface area contributed by atoms with Gasteiger partial charge in [0.25, 0.3) is 0 Å². The highest BCUT2D eigenvalue weighted by atomic mass is 32.2. The maximum absolute atomic E-state index is 12.8. The Kier molecular flexibility index (Phi) is 5.37. The lowest BCUT2D eigenvalue weighted by molar-refractivity contribution is -0.145. The molecule has 158 valence electrons. The second-order valence-corrected chi connectivity index (χ2v) is 10.3. The van der Waals surface area contributed by atoms with Crippen LogP contribution in [-0.2, 0) is 35.5 Å². The first-order valence-electron chi connectivity index (χ1n) is 9.04. The van der Waals surface area contributed by atoms with Gasteiger partial charge in [-0.25, -0.2) is 23.4 Å². The van der Waals surface area contributed by atoms with Crippen LogP contribution in [0.15, 0.2) is 45.9 Å². The van der Waals surface area contributed by atoms with Gasteiger partial charge in [-0.1, -0.05) is 17.7 Å². The zero-order chi connectivity index (χ0) is 21.5. The summed E-state index contributed by atoms with van der Waals surface area (Å²) in [4.78, 5) is 14.1. The minimum absolute atomic E-state index is 0.0249. The first kappa shape index (κ1) is 20.9. The van der Waals surface area contributed by atoms with Crippen LogP contribution in [0.25, 0.3) is 0 Å². The largest absolute Gasteiger partial charge is 0.451 e. The fraction of sp³-hybridized carbons (Fsp3) is 0.316. The normalized spacial score (nSPS) is 15.2. The molecule has 0 bridgehead atoms. The molecular formula is C19H17F3N4O2S2. The molecule has 0 fully saturated rings.